The Bertz CT molecular complexity index is 887. The molecular formula is C18H15NO2S. The van der Waals surface area contributed by atoms with Crippen LogP contribution in [0, 0.1) is 0 Å². The van der Waals surface area contributed by atoms with Crippen molar-refractivity contribution in [2.24, 2.45) is 0 Å². The van der Waals surface area contributed by atoms with E-state index in [-0.39, 0.29) is 5.63 Å². The van der Waals surface area contributed by atoms with Crippen molar-refractivity contribution in [1.29, 1.82) is 0 Å². The van der Waals surface area contributed by atoms with Crippen molar-refractivity contribution in [3.8, 4) is 0 Å². The van der Waals surface area contributed by atoms with Crippen LogP contribution in [0.2, 0.25) is 0 Å². The van der Waals surface area contributed by atoms with Crippen LogP contribution >= 0.6 is 11.8 Å². The van der Waals surface area contributed by atoms with Crippen LogP contribution in [0.25, 0.3) is 11.0 Å². The van der Waals surface area contributed by atoms with Crippen LogP contribution < -0.4 is 5.63 Å². The molecule has 0 atom stereocenters. The van der Waals surface area contributed by atoms with Crippen LogP contribution in [-0.2, 0) is 18.6 Å². The van der Waals surface area contributed by atoms with Crippen LogP contribution in [0.3, 0.4) is 0 Å². The third-order valence-corrected chi connectivity index (χ3v) is 5.05. The molecule has 0 spiro atoms. The lowest BCUT2D eigenvalue weighted by Crippen LogP contribution is -2.01. The second-order valence-electron chi connectivity index (χ2n) is 5.52. The molecule has 0 amide bonds. The van der Waals surface area contributed by atoms with Gasteiger partial charge in [-0.25, -0.2) is 9.78 Å². The molecule has 22 heavy (non-hydrogen) atoms. The number of nitrogens with zero attached hydrogens (tertiary/aromatic N) is 1. The highest BCUT2D eigenvalue weighted by atomic mass is 32.2. The van der Waals surface area contributed by atoms with Crippen molar-refractivity contribution in [2.45, 2.75) is 30.0 Å². The van der Waals surface area contributed by atoms with Crippen molar-refractivity contribution >= 4 is 22.7 Å². The summed E-state index contributed by atoms with van der Waals surface area (Å²) in [5.41, 5.74) is 4.18. The summed E-state index contributed by atoms with van der Waals surface area (Å²) in [5, 5.41) is 2.02. The van der Waals surface area contributed by atoms with Crippen molar-refractivity contribution in [1.82, 2.24) is 4.98 Å². The van der Waals surface area contributed by atoms with E-state index in [2.05, 4.69) is 11.1 Å². The molecule has 1 aromatic carbocycles. The largest absolute Gasteiger partial charge is 0.423 e. The lowest BCUT2D eigenvalue weighted by Gasteiger charge is -2.07. The van der Waals surface area contributed by atoms with Gasteiger partial charge >= 0.3 is 5.63 Å². The molecule has 3 nitrogen and oxygen atoms in total. The molecule has 0 N–H and O–H groups in total. The van der Waals surface area contributed by atoms with E-state index in [4.69, 9.17) is 4.42 Å². The first-order valence-electron chi connectivity index (χ1n) is 7.42. The molecule has 110 valence electrons. The lowest BCUT2D eigenvalue weighted by atomic mass is 10.0. The number of rotatable bonds is 3. The van der Waals surface area contributed by atoms with Gasteiger partial charge in [0.1, 0.15) is 5.58 Å². The molecule has 0 fully saturated rings. The normalized spacial score (nSPS) is 13.5. The van der Waals surface area contributed by atoms with Crippen LogP contribution in [0.5, 0.6) is 0 Å². The summed E-state index contributed by atoms with van der Waals surface area (Å²) in [5.74, 6) is 0.720. The first-order chi connectivity index (χ1) is 10.8. The van der Waals surface area contributed by atoms with Crippen molar-refractivity contribution in [2.75, 3.05) is 0 Å². The number of hydrogen-bond donors (Lipinski definition) is 0. The van der Waals surface area contributed by atoms with Crippen LogP contribution in [0.15, 0.2) is 56.8 Å². The van der Waals surface area contributed by atoms with Gasteiger partial charge in [0.25, 0.3) is 0 Å². The summed E-state index contributed by atoms with van der Waals surface area (Å²) in [6.07, 6.45) is 5.18. The standard InChI is InChI=1S/C18H15NO2S/c20-18-10-14(11-22-17-6-1-2-7-19-17)15-8-12-4-3-5-13(12)9-16(15)21-18/h1-2,6-10H,3-5,11H2. The average Bonchev–Trinajstić information content (AvgIpc) is 2.99. The molecule has 4 heteroatoms. The summed E-state index contributed by atoms with van der Waals surface area (Å²) in [7, 11) is 0. The first kappa shape index (κ1) is 13.6. The number of pyridine rings is 1. The molecule has 0 unspecified atom stereocenters. The highest BCUT2D eigenvalue weighted by Gasteiger charge is 2.15. The Labute approximate surface area is 132 Å². The number of aryl methyl sites for hydroxylation is 2. The Morgan fingerprint density at radius 2 is 2.00 bits per heavy atom. The number of fused-ring (bicyclic) bond motifs is 2. The molecule has 0 saturated carbocycles. The number of hydrogen-bond acceptors (Lipinski definition) is 4. The van der Waals surface area contributed by atoms with Crippen molar-refractivity contribution in [3.05, 3.63) is 69.7 Å². The topological polar surface area (TPSA) is 43.1 Å². The van der Waals surface area contributed by atoms with Crippen LogP contribution in [0.4, 0.5) is 0 Å². The van der Waals surface area contributed by atoms with Gasteiger partial charge in [0.05, 0.1) is 5.03 Å². The fourth-order valence-electron chi connectivity index (χ4n) is 3.00. The minimum absolute atomic E-state index is 0.276. The van der Waals surface area contributed by atoms with E-state index in [0.29, 0.717) is 5.58 Å². The summed E-state index contributed by atoms with van der Waals surface area (Å²) in [6, 6.07) is 11.7. The predicted molar refractivity (Wildman–Crippen MR) is 88.3 cm³/mol. The molecule has 0 radical (unpaired) electrons. The van der Waals surface area contributed by atoms with Gasteiger partial charge in [0.15, 0.2) is 0 Å². The van der Waals surface area contributed by atoms with Gasteiger partial charge < -0.3 is 4.42 Å². The summed E-state index contributed by atoms with van der Waals surface area (Å²) in [6.45, 7) is 0. The zero-order chi connectivity index (χ0) is 14.9. The fourth-order valence-corrected chi connectivity index (χ4v) is 3.85. The smallest absolute Gasteiger partial charge is 0.336 e. The molecular weight excluding hydrogens is 294 g/mol. The Morgan fingerprint density at radius 3 is 2.82 bits per heavy atom. The molecule has 1 aliphatic rings. The zero-order valence-corrected chi connectivity index (χ0v) is 12.9. The van der Waals surface area contributed by atoms with E-state index < -0.39 is 0 Å². The Hall–Kier alpha value is -2.07. The van der Waals surface area contributed by atoms with Gasteiger partial charge in [-0.15, -0.1) is 11.8 Å². The van der Waals surface area contributed by atoms with E-state index in [9.17, 15) is 4.79 Å². The highest BCUT2D eigenvalue weighted by molar-refractivity contribution is 7.98. The SMILES string of the molecule is O=c1cc(CSc2ccccn2)c2cc3c(cc2o1)CCC3. The maximum atomic E-state index is 11.8. The molecule has 4 rings (SSSR count). The van der Waals surface area contributed by atoms with Crippen molar-refractivity contribution < 1.29 is 4.42 Å². The third-order valence-electron chi connectivity index (χ3n) is 4.06. The van der Waals surface area contributed by atoms with Crippen LogP contribution in [0.1, 0.15) is 23.1 Å². The Kier molecular flexibility index (Phi) is 3.47. The first-order valence-corrected chi connectivity index (χ1v) is 8.40. The van der Waals surface area contributed by atoms with Gasteiger partial charge in [0, 0.05) is 23.4 Å². The number of thioether (sulfide) groups is 1. The summed E-state index contributed by atoms with van der Waals surface area (Å²) < 4.78 is 5.40. The molecule has 0 bridgehead atoms. The highest BCUT2D eigenvalue weighted by Crippen LogP contribution is 2.30. The molecule has 2 aromatic heterocycles. The molecule has 3 aromatic rings. The molecule has 1 aliphatic carbocycles. The second kappa shape index (κ2) is 5.61. The quantitative estimate of drug-likeness (QED) is 0.542. The molecule has 0 aliphatic heterocycles. The lowest BCUT2D eigenvalue weighted by molar-refractivity contribution is 0.559. The summed E-state index contributed by atoms with van der Waals surface area (Å²) >= 11 is 1.64. The van der Waals surface area contributed by atoms with E-state index in [1.807, 2.05) is 24.3 Å². The Morgan fingerprint density at radius 1 is 1.14 bits per heavy atom. The van der Waals surface area contributed by atoms with E-state index in [1.54, 1.807) is 24.0 Å². The maximum absolute atomic E-state index is 11.8. The second-order valence-corrected chi connectivity index (χ2v) is 6.51. The van der Waals surface area contributed by atoms with Crippen molar-refractivity contribution in [3.63, 3.8) is 0 Å². The Balaban J connectivity index is 1.74. The van der Waals surface area contributed by atoms with E-state index >= 15 is 0 Å². The monoisotopic (exact) mass is 309 g/mol. The average molecular weight is 309 g/mol. The van der Waals surface area contributed by atoms with E-state index in [1.165, 1.54) is 17.5 Å². The van der Waals surface area contributed by atoms with Gasteiger partial charge in [-0.2, -0.15) is 0 Å². The molecule has 0 saturated heterocycles. The van der Waals surface area contributed by atoms with Gasteiger partial charge in [-0.1, -0.05) is 6.07 Å². The van der Waals surface area contributed by atoms with Gasteiger partial charge in [-0.05, 0) is 60.2 Å². The minimum Gasteiger partial charge on any atom is -0.423 e. The fraction of sp³-hybridized carbons (Fsp3) is 0.222. The van der Waals surface area contributed by atoms with E-state index in [0.717, 1.165) is 34.6 Å². The van der Waals surface area contributed by atoms with Gasteiger partial charge in [-0.3, -0.25) is 0 Å². The predicted octanol–water partition coefficient (Wildman–Crippen LogP) is 3.97. The third kappa shape index (κ3) is 2.55. The molecule has 2 heterocycles. The van der Waals surface area contributed by atoms with Gasteiger partial charge in [0.2, 0.25) is 0 Å². The maximum Gasteiger partial charge on any atom is 0.336 e. The minimum atomic E-state index is -0.276. The van der Waals surface area contributed by atoms with Crippen LogP contribution in [-0.4, -0.2) is 4.98 Å². The summed E-state index contributed by atoms with van der Waals surface area (Å²) in [4.78, 5) is 16.1. The number of aromatic nitrogens is 1. The number of benzene rings is 1. The zero-order valence-electron chi connectivity index (χ0n) is 12.0.